The van der Waals surface area contributed by atoms with Crippen LogP contribution in [0.5, 0.6) is 0 Å². The first-order valence-corrected chi connectivity index (χ1v) is 35.3. The van der Waals surface area contributed by atoms with E-state index < -0.39 is 161 Å². The van der Waals surface area contributed by atoms with Gasteiger partial charge in [-0.15, -0.1) is 11.6 Å². The zero-order chi connectivity index (χ0) is 70.0. The van der Waals surface area contributed by atoms with E-state index in [1.807, 2.05) is 20.8 Å². The molecule has 26 heteroatoms. The molecule has 6 rings (SSSR count). The lowest BCUT2D eigenvalue weighted by molar-refractivity contribution is -0.182. The SMILES string of the molecule is CC[C@H](C)[C@@H]1NC(=O)[C@H](CC(C)C)N(C)C(=O)C[C@@H](C)NC(=O)[C@H](C2CCCC2)N(C)C(=O)[C@H](C(C)C)NC(=O)[C@@H]2CCCN2C(=O)[C@H](CCC2CCC(C(F)(F)F)C(Cl)C2)NC(=O)CN(C)C(=O)[C@H](CC2CCC(C)CC2)N(C)C(=O)[C@@H]2CCN2C(=O)[C@H](C)N(C)C1=O. The van der Waals surface area contributed by atoms with Gasteiger partial charge in [-0.3, -0.25) is 52.7 Å². The highest BCUT2D eigenvalue weighted by atomic mass is 35.5. The first-order chi connectivity index (χ1) is 44.1. The number of amides is 11. The van der Waals surface area contributed by atoms with Crippen LogP contribution in [-0.4, -0.2) is 226 Å². The second kappa shape index (κ2) is 34.0. The van der Waals surface area contributed by atoms with Crippen molar-refractivity contribution in [3.8, 4) is 0 Å². The predicted molar refractivity (Wildman–Crippen MR) is 350 cm³/mol. The fourth-order valence-electron chi connectivity index (χ4n) is 15.1. The average molecular weight is 1350 g/mol. The van der Waals surface area contributed by atoms with Crippen LogP contribution in [0.2, 0.25) is 0 Å². The van der Waals surface area contributed by atoms with Crippen LogP contribution in [0, 0.1) is 47.3 Å². The number of hydrogen-bond acceptors (Lipinski definition) is 11. The highest BCUT2D eigenvalue weighted by molar-refractivity contribution is 6.20. The van der Waals surface area contributed by atoms with Crippen molar-refractivity contribution < 1.29 is 65.9 Å². The molecular weight excluding hydrogens is 1240 g/mol. The summed E-state index contributed by atoms with van der Waals surface area (Å²) in [7, 11) is 7.39. The summed E-state index contributed by atoms with van der Waals surface area (Å²) in [5.74, 6) is -9.22. The topological polar surface area (TPSA) is 259 Å². The van der Waals surface area contributed by atoms with E-state index in [1.54, 1.807) is 34.6 Å². The van der Waals surface area contributed by atoms with Gasteiger partial charge in [0.25, 0.3) is 0 Å². The second-order valence-electron chi connectivity index (χ2n) is 29.5. The summed E-state index contributed by atoms with van der Waals surface area (Å²) < 4.78 is 41.8. The fourth-order valence-corrected chi connectivity index (χ4v) is 15.6. The van der Waals surface area contributed by atoms with Crippen molar-refractivity contribution in [2.24, 2.45) is 47.3 Å². The summed E-state index contributed by atoms with van der Waals surface area (Å²) in [4.78, 5) is 171. The Bertz CT molecular complexity index is 2690. The van der Waals surface area contributed by atoms with Crippen LogP contribution >= 0.6 is 11.6 Å². The maximum absolute atomic E-state index is 15.1. The maximum Gasteiger partial charge on any atom is 0.393 e. The van der Waals surface area contributed by atoms with Crippen LogP contribution in [0.3, 0.4) is 0 Å². The molecule has 4 N–H and O–H groups in total. The molecular formula is C68H111ClF3N11O11. The van der Waals surface area contributed by atoms with Gasteiger partial charge in [0.1, 0.15) is 54.4 Å². The molecule has 6 fully saturated rings. The number of halogens is 4. The molecule has 0 bridgehead atoms. The highest BCUT2D eigenvalue weighted by Gasteiger charge is 2.49. The average Bonchev–Trinajstić information content (AvgIpc) is 0.863. The number of likely N-dealkylation sites (N-methyl/N-ethyl adjacent to an activating group) is 5. The predicted octanol–water partition coefficient (Wildman–Crippen LogP) is 6.25. The normalized spacial score (nSPS) is 33.1. The Morgan fingerprint density at radius 2 is 1.17 bits per heavy atom. The first-order valence-electron chi connectivity index (χ1n) is 34.9. The Morgan fingerprint density at radius 1 is 0.564 bits per heavy atom. The third-order valence-electron chi connectivity index (χ3n) is 21.7. The van der Waals surface area contributed by atoms with Gasteiger partial charge in [-0.2, -0.15) is 13.2 Å². The van der Waals surface area contributed by atoms with Crippen LogP contribution in [0.25, 0.3) is 0 Å². The molecule has 3 aliphatic carbocycles. The number of carbonyl (C=O) groups is 11. The molecule has 3 saturated carbocycles. The molecule has 532 valence electrons. The highest BCUT2D eigenvalue weighted by Crippen LogP contribution is 2.44. The van der Waals surface area contributed by atoms with E-state index in [0.717, 1.165) is 38.5 Å². The molecule has 3 saturated heterocycles. The van der Waals surface area contributed by atoms with E-state index in [2.05, 4.69) is 28.2 Å². The number of rotatable bonds is 11. The van der Waals surface area contributed by atoms with E-state index in [0.29, 0.717) is 31.6 Å². The van der Waals surface area contributed by atoms with Gasteiger partial charge in [0.15, 0.2) is 0 Å². The van der Waals surface area contributed by atoms with E-state index in [4.69, 9.17) is 11.6 Å². The minimum Gasteiger partial charge on any atom is -0.351 e. The summed E-state index contributed by atoms with van der Waals surface area (Å²) in [5.41, 5.74) is 0. The van der Waals surface area contributed by atoms with E-state index >= 15 is 4.79 Å². The smallest absolute Gasteiger partial charge is 0.351 e. The lowest BCUT2D eigenvalue weighted by Gasteiger charge is -2.45. The number of nitrogens with one attached hydrogen (secondary N) is 4. The quantitative estimate of drug-likeness (QED) is 0.168. The lowest BCUT2D eigenvalue weighted by atomic mass is 9.78. The molecule has 3 unspecified atom stereocenters. The molecule has 3 aliphatic heterocycles. The molecule has 94 heavy (non-hydrogen) atoms. The van der Waals surface area contributed by atoms with Crippen molar-refractivity contribution in [1.29, 1.82) is 0 Å². The Kier molecular flexibility index (Phi) is 27.9. The first kappa shape index (κ1) is 77.3. The van der Waals surface area contributed by atoms with Crippen molar-refractivity contribution in [3.05, 3.63) is 0 Å². The van der Waals surface area contributed by atoms with Crippen molar-refractivity contribution in [1.82, 2.24) is 55.6 Å². The van der Waals surface area contributed by atoms with Gasteiger partial charge in [0.05, 0.1) is 12.5 Å². The number of alkyl halides is 4. The van der Waals surface area contributed by atoms with Crippen molar-refractivity contribution in [2.45, 2.75) is 263 Å². The summed E-state index contributed by atoms with van der Waals surface area (Å²) in [6, 6.07) is -10.8. The molecule has 6 aliphatic rings. The molecule has 0 aromatic heterocycles. The van der Waals surface area contributed by atoms with Crippen LogP contribution in [-0.2, 0) is 52.7 Å². The van der Waals surface area contributed by atoms with Gasteiger partial charge in [-0.1, -0.05) is 93.4 Å². The largest absolute Gasteiger partial charge is 0.393 e. The molecule has 0 radical (unpaired) electrons. The summed E-state index contributed by atoms with van der Waals surface area (Å²) in [6.07, 6.45) is 3.41. The number of nitrogens with zero attached hydrogens (tertiary/aromatic N) is 7. The molecule has 3 heterocycles. The third kappa shape index (κ3) is 19.3. The number of carbonyl (C=O) groups excluding carboxylic acids is 11. The van der Waals surface area contributed by atoms with Gasteiger partial charge in [-0.05, 0) is 132 Å². The molecule has 22 nitrogen and oxygen atoms in total. The van der Waals surface area contributed by atoms with Crippen LogP contribution in [0.15, 0.2) is 0 Å². The molecule has 11 amide bonds. The fraction of sp³-hybridized carbons (Fsp3) is 0.838. The molecule has 14 atom stereocenters. The number of fused-ring (bicyclic) bond motifs is 2. The van der Waals surface area contributed by atoms with Crippen molar-refractivity contribution >= 4 is 76.6 Å². The summed E-state index contributed by atoms with van der Waals surface area (Å²) in [6.45, 7) is 16.0. The summed E-state index contributed by atoms with van der Waals surface area (Å²) in [5, 5.41) is 10.5. The Morgan fingerprint density at radius 3 is 1.74 bits per heavy atom. The van der Waals surface area contributed by atoms with Crippen LogP contribution < -0.4 is 21.3 Å². The zero-order valence-electron chi connectivity index (χ0n) is 58.4. The molecule has 0 aromatic rings. The van der Waals surface area contributed by atoms with E-state index in [9.17, 15) is 61.1 Å². The van der Waals surface area contributed by atoms with Crippen molar-refractivity contribution in [3.63, 3.8) is 0 Å². The van der Waals surface area contributed by atoms with Gasteiger partial charge in [-0.25, -0.2) is 0 Å². The Balaban J connectivity index is 1.37. The Hall–Kier alpha value is -5.75. The van der Waals surface area contributed by atoms with Crippen molar-refractivity contribution in [2.75, 3.05) is 54.9 Å². The van der Waals surface area contributed by atoms with Crippen LogP contribution in [0.1, 0.15) is 191 Å². The van der Waals surface area contributed by atoms with E-state index in [1.165, 1.54) is 69.5 Å². The summed E-state index contributed by atoms with van der Waals surface area (Å²) >= 11 is 6.38. The number of hydrogen-bond donors (Lipinski definition) is 4. The van der Waals surface area contributed by atoms with Crippen LogP contribution in [0.4, 0.5) is 13.2 Å². The Labute approximate surface area is 560 Å². The zero-order valence-corrected chi connectivity index (χ0v) is 59.1. The van der Waals surface area contributed by atoms with Gasteiger partial charge in [0.2, 0.25) is 65.0 Å². The minimum atomic E-state index is -4.49. The standard InChI is InChI=1S/C68H111ClF3N11O11/c1-15-41(7)57-67(94)78(11)43(9)62(89)83-32-30-51(83)65(92)80(13)53(36-45-24-22-40(6)23-25-45)64(91)77(10)37-54(84)74-49(29-27-44-26-28-47(48(69)35-44)68(70,71)72)63(90)82-31-18-21-50(82)59(86)75-56(39(4)5)66(93)81(14)58(46-19-16-17-20-46)61(88)73-42(8)34-55(85)79(12)52(33-38(2)3)60(87)76-57/h38-53,56-58H,15-37H2,1-14H3,(H,73,88)(H,74,84)(H,75,86)(H,76,87)/t40?,41-,42+,43-,44?,45?,47?,48?,49-,50-,51-,52-,53-,56-,57-,58-/m0/s1. The van der Waals surface area contributed by atoms with Gasteiger partial charge in [0, 0.05) is 66.2 Å². The van der Waals surface area contributed by atoms with Gasteiger partial charge < -0.3 is 55.6 Å². The molecule has 0 aromatic carbocycles. The van der Waals surface area contributed by atoms with Gasteiger partial charge >= 0.3 is 6.18 Å². The van der Waals surface area contributed by atoms with E-state index in [-0.39, 0.29) is 101 Å². The molecule has 0 spiro atoms. The lowest BCUT2D eigenvalue weighted by Crippen LogP contribution is -2.65. The maximum atomic E-state index is 15.1. The second-order valence-corrected chi connectivity index (χ2v) is 30.1. The minimum absolute atomic E-state index is 0.0138. The third-order valence-corrected chi connectivity index (χ3v) is 22.2. The monoisotopic (exact) mass is 1350 g/mol.